The van der Waals surface area contributed by atoms with Gasteiger partial charge in [-0.3, -0.25) is 19.3 Å². The smallest absolute Gasteiger partial charge is 0.269 e. The number of carbonyl (C=O) groups excluding carboxylic acids is 1. The van der Waals surface area contributed by atoms with Gasteiger partial charge in [-0.15, -0.1) is 0 Å². The number of rotatable bonds is 5. The molecular formula is C14H19FN2O3. The molecule has 6 heteroatoms. The van der Waals surface area contributed by atoms with Crippen LogP contribution in [0, 0.1) is 21.4 Å². The first-order valence-electron chi connectivity index (χ1n) is 6.34. The molecule has 0 aliphatic heterocycles. The Balaban J connectivity index is 2.65. The number of benzene rings is 1. The van der Waals surface area contributed by atoms with Crippen molar-refractivity contribution in [1.29, 1.82) is 0 Å². The monoisotopic (exact) mass is 282 g/mol. The summed E-state index contributed by atoms with van der Waals surface area (Å²) in [6.45, 7) is 5.46. The molecule has 1 rings (SSSR count). The highest BCUT2D eigenvalue weighted by Crippen LogP contribution is 2.25. The predicted molar refractivity (Wildman–Crippen MR) is 74.3 cm³/mol. The van der Waals surface area contributed by atoms with Crippen molar-refractivity contribution in [2.24, 2.45) is 11.3 Å². The molecule has 0 aromatic heterocycles. The van der Waals surface area contributed by atoms with E-state index >= 15 is 0 Å². The average Bonchev–Trinajstić information content (AvgIpc) is 2.37. The van der Waals surface area contributed by atoms with Crippen molar-refractivity contribution in [2.75, 3.05) is 13.2 Å². The number of carbonyl (C=O) groups is 1. The van der Waals surface area contributed by atoms with E-state index in [1.165, 1.54) is 24.3 Å². The Morgan fingerprint density at radius 2 is 1.90 bits per heavy atom. The van der Waals surface area contributed by atoms with Crippen LogP contribution < -0.4 is 5.32 Å². The Kier molecular flexibility index (Phi) is 5.19. The van der Waals surface area contributed by atoms with E-state index < -0.39 is 11.6 Å². The lowest BCUT2D eigenvalue weighted by Gasteiger charge is -2.28. The van der Waals surface area contributed by atoms with E-state index in [1.54, 1.807) is 0 Å². The van der Waals surface area contributed by atoms with Crippen LogP contribution in [0.1, 0.15) is 31.1 Å². The average molecular weight is 282 g/mol. The fourth-order valence-corrected chi connectivity index (χ4v) is 1.64. The summed E-state index contributed by atoms with van der Waals surface area (Å²) in [6.07, 6.45) is 0. The second-order valence-electron chi connectivity index (χ2n) is 5.73. The maximum absolute atomic E-state index is 12.9. The third-order valence-electron chi connectivity index (χ3n) is 3.26. The molecule has 5 nitrogen and oxygen atoms in total. The molecule has 1 N–H and O–H groups in total. The van der Waals surface area contributed by atoms with Gasteiger partial charge in [0.25, 0.3) is 11.6 Å². The summed E-state index contributed by atoms with van der Waals surface area (Å²) < 4.78 is 12.9. The summed E-state index contributed by atoms with van der Waals surface area (Å²) in [7, 11) is 0. The zero-order valence-electron chi connectivity index (χ0n) is 11.9. The minimum absolute atomic E-state index is 0.0714. The molecule has 0 aliphatic rings. The molecule has 110 valence electrons. The van der Waals surface area contributed by atoms with Crippen LogP contribution in [0.25, 0.3) is 0 Å². The lowest BCUT2D eigenvalue weighted by Crippen LogP contribution is -2.36. The summed E-state index contributed by atoms with van der Waals surface area (Å²) in [5, 5.41) is 13.2. The second-order valence-corrected chi connectivity index (χ2v) is 5.73. The molecule has 0 fully saturated rings. The molecule has 0 spiro atoms. The van der Waals surface area contributed by atoms with Crippen LogP contribution >= 0.6 is 0 Å². The predicted octanol–water partition coefficient (Wildman–Crippen LogP) is 2.96. The Hall–Kier alpha value is -1.98. The van der Waals surface area contributed by atoms with Crippen LogP contribution in [0.3, 0.4) is 0 Å². The standard InChI is InChI=1S/C14H19FN2O3/c1-14(2,3)11(8-15)9-16-13(18)10-4-6-12(7-5-10)17(19)20/h4-7,11H,8-9H2,1-3H3,(H,16,18). The third-order valence-corrected chi connectivity index (χ3v) is 3.26. The van der Waals surface area contributed by atoms with Crippen molar-refractivity contribution in [2.45, 2.75) is 20.8 Å². The van der Waals surface area contributed by atoms with Gasteiger partial charge in [-0.05, 0) is 17.5 Å². The van der Waals surface area contributed by atoms with Crippen molar-refractivity contribution >= 4 is 11.6 Å². The molecule has 0 saturated heterocycles. The summed E-state index contributed by atoms with van der Waals surface area (Å²) in [5.74, 6) is -0.632. The molecule has 0 bridgehead atoms. The van der Waals surface area contributed by atoms with Gasteiger partial charge >= 0.3 is 0 Å². The topological polar surface area (TPSA) is 72.2 Å². The van der Waals surface area contributed by atoms with Crippen molar-refractivity contribution in [3.05, 3.63) is 39.9 Å². The number of halogens is 1. The fourth-order valence-electron chi connectivity index (χ4n) is 1.64. The molecule has 1 unspecified atom stereocenters. The fraction of sp³-hybridized carbons (Fsp3) is 0.500. The van der Waals surface area contributed by atoms with Gasteiger partial charge in [0.05, 0.1) is 11.6 Å². The summed E-state index contributed by atoms with van der Waals surface area (Å²) in [6, 6.07) is 5.31. The lowest BCUT2D eigenvalue weighted by atomic mass is 9.81. The molecule has 1 atom stereocenters. The molecule has 0 heterocycles. The molecule has 0 radical (unpaired) electrons. The van der Waals surface area contributed by atoms with Crippen LogP contribution in [0.5, 0.6) is 0 Å². The number of hydrogen-bond acceptors (Lipinski definition) is 3. The first kappa shape index (κ1) is 16.1. The molecule has 1 aromatic carbocycles. The minimum atomic E-state index is -0.527. The number of alkyl halides is 1. The molecule has 20 heavy (non-hydrogen) atoms. The van der Waals surface area contributed by atoms with E-state index in [2.05, 4.69) is 5.32 Å². The number of hydrogen-bond donors (Lipinski definition) is 1. The van der Waals surface area contributed by atoms with E-state index in [-0.39, 0.29) is 29.5 Å². The minimum Gasteiger partial charge on any atom is -0.352 e. The van der Waals surface area contributed by atoms with Crippen molar-refractivity contribution < 1.29 is 14.1 Å². The number of amides is 1. The van der Waals surface area contributed by atoms with E-state index in [4.69, 9.17) is 0 Å². The zero-order valence-corrected chi connectivity index (χ0v) is 11.9. The van der Waals surface area contributed by atoms with E-state index in [0.717, 1.165) is 0 Å². The van der Waals surface area contributed by atoms with Crippen LogP contribution in [-0.4, -0.2) is 24.0 Å². The van der Waals surface area contributed by atoms with Gasteiger partial charge in [-0.25, -0.2) is 0 Å². The molecule has 0 aliphatic carbocycles. The summed E-state index contributed by atoms with van der Waals surface area (Å²) >= 11 is 0. The summed E-state index contributed by atoms with van der Waals surface area (Å²) in [4.78, 5) is 21.9. The first-order chi connectivity index (χ1) is 9.25. The van der Waals surface area contributed by atoms with E-state index in [0.29, 0.717) is 5.56 Å². The third kappa shape index (κ3) is 4.29. The number of non-ortho nitro benzene ring substituents is 1. The Morgan fingerprint density at radius 3 is 2.30 bits per heavy atom. The van der Waals surface area contributed by atoms with Crippen LogP contribution in [0.4, 0.5) is 10.1 Å². The van der Waals surface area contributed by atoms with Gasteiger partial charge < -0.3 is 5.32 Å². The van der Waals surface area contributed by atoms with Gasteiger partial charge in [0.15, 0.2) is 0 Å². The summed E-state index contributed by atoms with van der Waals surface area (Å²) in [5.41, 5.74) is 0.0114. The highest BCUT2D eigenvalue weighted by molar-refractivity contribution is 5.94. The van der Waals surface area contributed by atoms with Crippen molar-refractivity contribution in [3.63, 3.8) is 0 Å². The van der Waals surface area contributed by atoms with Crippen molar-refractivity contribution in [1.82, 2.24) is 5.32 Å². The van der Waals surface area contributed by atoms with Crippen molar-refractivity contribution in [3.8, 4) is 0 Å². The maximum atomic E-state index is 12.9. The molecular weight excluding hydrogens is 263 g/mol. The largest absolute Gasteiger partial charge is 0.352 e. The second kappa shape index (κ2) is 6.45. The van der Waals surface area contributed by atoms with E-state index in [9.17, 15) is 19.3 Å². The SMILES string of the molecule is CC(C)(C)C(CF)CNC(=O)c1ccc([N+](=O)[O-])cc1. The molecule has 1 amide bonds. The maximum Gasteiger partial charge on any atom is 0.269 e. The molecule has 0 saturated carbocycles. The van der Waals surface area contributed by atoms with Gasteiger partial charge in [0.2, 0.25) is 0 Å². The Bertz CT molecular complexity index is 480. The van der Waals surface area contributed by atoms with Gasteiger partial charge in [-0.1, -0.05) is 20.8 Å². The number of nitro groups is 1. The van der Waals surface area contributed by atoms with Gasteiger partial charge in [-0.2, -0.15) is 0 Å². The molecule has 1 aromatic rings. The number of nitrogens with zero attached hydrogens (tertiary/aromatic N) is 1. The Morgan fingerprint density at radius 1 is 1.35 bits per heavy atom. The van der Waals surface area contributed by atoms with Gasteiger partial charge in [0, 0.05) is 30.2 Å². The quantitative estimate of drug-likeness (QED) is 0.666. The first-order valence-corrected chi connectivity index (χ1v) is 6.34. The Labute approximate surface area is 117 Å². The highest BCUT2D eigenvalue weighted by Gasteiger charge is 2.25. The number of nitro benzene ring substituents is 1. The normalized spacial score (nSPS) is 12.8. The van der Waals surface area contributed by atoms with Crippen LogP contribution in [-0.2, 0) is 0 Å². The van der Waals surface area contributed by atoms with Gasteiger partial charge in [0.1, 0.15) is 0 Å². The lowest BCUT2D eigenvalue weighted by molar-refractivity contribution is -0.384. The zero-order chi connectivity index (χ0) is 15.3. The van der Waals surface area contributed by atoms with Crippen LogP contribution in [0.15, 0.2) is 24.3 Å². The van der Waals surface area contributed by atoms with E-state index in [1.807, 2.05) is 20.8 Å². The highest BCUT2D eigenvalue weighted by atomic mass is 19.1. The van der Waals surface area contributed by atoms with Crippen LogP contribution in [0.2, 0.25) is 0 Å². The number of nitrogens with one attached hydrogen (secondary N) is 1.